The van der Waals surface area contributed by atoms with Crippen LogP contribution >= 0.6 is 0 Å². The zero-order valence-electron chi connectivity index (χ0n) is 11.9. The van der Waals surface area contributed by atoms with Crippen molar-refractivity contribution in [3.63, 3.8) is 0 Å². The molecule has 0 aliphatic heterocycles. The summed E-state index contributed by atoms with van der Waals surface area (Å²) in [6, 6.07) is 2.26. The topological polar surface area (TPSA) is 43.8 Å². The summed E-state index contributed by atoms with van der Waals surface area (Å²) in [6.07, 6.45) is 11.9. The molecule has 0 radical (unpaired) electrons. The second-order valence-electron chi connectivity index (χ2n) is 7.61. The Bertz CT molecular complexity index is 441. The summed E-state index contributed by atoms with van der Waals surface area (Å²) < 4.78 is 1.95. The Labute approximate surface area is 115 Å². The molecule has 19 heavy (non-hydrogen) atoms. The van der Waals surface area contributed by atoms with Gasteiger partial charge in [0.15, 0.2) is 0 Å². The van der Waals surface area contributed by atoms with E-state index in [-0.39, 0.29) is 6.04 Å². The summed E-state index contributed by atoms with van der Waals surface area (Å²) in [6.45, 7) is 0. The van der Waals surface area contributed by atoms with Gasteiger partial charge >= 0.3 is 0 Å². The fourth-order valence-electron chi connectivity index (χ4n) is 5.86. The van der Waals surface area contributed by atoms with Crippen LogP contribution in [0.1, 0.15) is 56.7 Å². The Hall–Kier alpha value is -0.830. The number of aromatic nitrogens is 2. The molecule has 0 spiro atoms. The van der Waals surface area contributed by atoms with Crippen molar-refractivity contribution in [2.24, 2.45) is 36.0 Å². The Morgan fingerprint density at radius 3 is 2.32 bits per heavy atom. The van der Waals surface area contributed by atoms with Gasteiger partial charge < -0.3 is 5.73 Å². The van der Waals surface area contributed by atoms with E-state index in [1.807, 2.05) is 17.9 Å². The summed E-state index contributed by atoms with van der Waals surface area (Å²) in [5, 5.41) is 4.27. The van der Waals surface area contributed by atoms with E-state index in [0.717, 1.165) is 17.8 Å². The molecule has 4 aliphatic carbocycles. The standard InChI is InChI=1S/C16H25N3/c1-19-15(2-3-18-19)14(17)10-16-7-11-4-12(8-16)6-13(5-11)9-16/h2-3,11-14H,4-10,17H2,1H3. The predicted octanol–water partition coefficient (Wildman–Crippen LogP) is 3.03. The first kappa shape index (κ1) is 12.0. The van der Waals surface area contributed by atoms with Crippen LogP contribution in [0.3, 0.4) is 0 Å². The fourth-order valence-corrected chi connectivity index (χ4v) is 5.86. The molecule has 4 saturated carbocycles. The van der Waals surface area contributed by atoms with Crippen LogP contribution in [0.2, 0.25) is 0 Å². The van der Waals surface area contributed by atoms with Crippen LogP contribution in [0.15, 0.2) is 12.3 Å². The van der Waals surface area contributed by atoms with Gasteiger partial charge in [0.2, 0.25) is 0 Å². The highest BCUT2D eigenvalue weighted by molar-refractivity contribution is 5.09. The number of aryl methyl sites for hydroxylation is 1. The van der Waals surface area contributed by atoms with E-state index in [1.165, 1.54) is 50.6 Å². The van der Waals surface area contributed by atoms with Gasteiger partial charge in [-0.25, -0.2) is 0 Å². The van der Waals surface area contributed by atoms with Gasteiger partial charge in [-0.05, 0) is 74.2 Å². The van der Waals surface area contributed by atoms with Gasteiger partial charge in [-0.1, -0.05) is 0 Å². The van der Waals surface area contributed by atoms with Gasteiger partial charge in [0.05, 0.1) is 5.69 Å². The zero-order valence-corrected chi connectivity index (χ0v) is 11.9. The van der Waals surface area contributed by atoms with Crippen LogP contribution in [0.5, 0.6) is 0 Å². The normalized spacial score (nSPS) is 41.7. The summed E-state index contributed by atoms with van der Waals surface area (Å²) >= 11 is 0. The van der Waals surface area contributed by atoms with Crippen LogP contribution in [-0.2, 0) is 7.05 Å². The number of hydrogen-bond acceptors (Lipinski definition) is 2. The number of hydrogen-bond donors (Lipinski definition) is 1. The Balaban J connectivity index is 1.55. The van der Waals surface area contributed by atoms with Crippen LogP contribution in [0.25, 0.3) is 0 Å². The third-order valence-electron chi connectivity index (χ3n) is 6.06. The maximum absolute atomic E-state index is 6.50. The second kappa shape index (κ2) is 4.08. The fraction of sp³-hybridized carbons (Fsp3) is 0.812. The number of nitrogens with two attached hydrogens (primary N) is 1. The summed E-state index contributed by atoms with van der Waals surface area (Å²) in [7, 11) is 2.01. The van der Waals surface area contributed by atoms with E-state index >= 15 is 0 Å². The molecule has 2 N–H and O–H groups in total. The first-order chi connectivity index (χ1) is 9.13. The third kappa shape index (κ3) is 1.94. The van der Waals surface area contributed by atoms with Gasteiger partial charge in [-0.3, -0.25) is 4.68 Å². The van der Waals surface area contributed by atoms with Crippen LogP contribution in [0, 0.1) is 23.2 Å². The van der Waals surface area contributed by atoms with E-state index in [2.05, 4.69) is 11.2 Å². The van der Waals surface area contributed by atoms with Gasteiger partial charge in [-0.2, -0.15) is 5.10 Å². The first-order valence-electron chi connectivity index (χ1n) is 7.87. The van der Waals surface area contributed by atoms with Crippen molar-refractivity contribution in [1.29, 1.82) is 0 Å². The summed E-state index contributed by atoms with van der Waals surface area (Å²) in [5.41, 5.74) is 8.27. The minimum atomic E-state index is 0.170. The van der Waals surface area contributed by atoms with E-state index in [9.17, 15) is 0 Å². The highest BCUT2D eigenvalue weighted by atomic mass is 15.3. The Kier molecular flexibility index (Phi) is 2.57. The molecule has 1 aromatic heterocycles. The van der Waals surface area contributed by atoms with Gasteiger partial charge in [0.1, 0.15) is 0 Å². The molecule has 0 amide bonds. The lowest BCUT2D eigenvalue weighted by molar-refractivity contribution is -0.0608. The lowest BCUT2D eigenvalue weighted by Crippen LogP contribution is -2.47. The molecule has 4 bridgehead atoms. The predicted molar refractivity (Wildman–Crippen MR) is 75.4 cm³/mol. The molecule has 3 heteroatoms. The van der Waals surface area contributed by atoms with Gasteiger partial charge in [-0.15, -0.1) is 0 Å². The average molecular weight is 259 g/mol. The summed E-state index contributed by atoms with van der Waals surface area (Å²) in [4.78, 5) is 0. The lowest BCUT2D eigenvalue weighted by atomic mass is 9.48. The quantitative estimate of drug-likeness (QED) is 0.906. The van der Waals surface area contributed by atoms with Crippen molar-refractivity contribution in [3.8, 4) is 0 Å². The molecule has 104 valence electrons. The Morgan fingerprint density at radius 2 is 1.84 bits per heavy atom. The highest BCUT2D eigenvalue weighted by Gasteiger charge is 2.51. The van der Waals surface area contributed by atoms with E-state index < -0.39 is 0 Å². The molecule has 0 saturated heterocycles. The third-order valence-corrected chi connectivity index (χ3v) is 6.06. The Morgan fingerprint density at radius 1 is 1.26 bits per heavy atom. The zero-order chi connectivity index (χ0) is 13.0. The van der Waals surface area contributed by atoms with Crippen molar-refractivity contribution in [2.75, 3.05) is 0 Å². The molecular formula is C16H25N3. The van der Waals surface area contributed by atoms with Crippen molar-refractivity contribution >= 4 is 0 Å². The number of rotatable bonds is 3. The largest absolute Gasteiger partial charge is 0.323 e. The monoisotopic (exact) mass is 259 g/mol. The smallest absolute Gasteiger partial charge is 0.0548 e. The average Bonchev–Trinajstić information content (AvgIpc) is 2.72. The maximum atomic E-state index is 6.50. The molecule has 0 aromatic carbocycles. The van der Waals surface area contributed by atoms with Gasteiger partial charge in [0, 0.05) is 19.3 Å². The van der Waals surface area contributed by atoms with Crippen LogP contribution in [0.4, 0.5) is 0 Å². The van der Waals surface area contributed by atoms with Gasteiger partial charge in [0.25, 0.3) is 0 Å². The summed E-state index contributed by atoms with van der Waals surface area (Å²) in [5.74, 6) is 3.06. The molecular weight excluding hydrogens is 234 g/mol. The SMILES string of the molecule is Cn1nccc1C(N)CC12CC3CC(CC(C3)C1)C2. The maximum Gasteiger partial charge on any atom is 0.0548 e. The van der Waals surface area contributed by atoms with E-state index in [4.69, 9.17) is 5.73 Å². The molecule has 4 aliphatic rings. The minimum absolute atomic E-state index is 0.170. The molecule has 1 aromatic rings. The first-order valence-corrected chi connectivity index (χ1v) is 7.87. The minimum Gasteiger partial charge on any atom is -0.323 e. The molecule has 1 unspecified atom stereocenters. The van der Waals surface area contributed by atoms with Crippen LogP contribution < -0.4 is 5.73 Å². The molecule has 3 nitrogen and oxygen atoms in total. The molecule has 4 fully saturated rings. The number of nitrogens with zero attached hydrogens (tertiary/aromatic N) is 2. The van der Waals surface area contributed by atoms with Crippen LogP contribution in [-0.4, -0.2) is 9.78 Å². The van der Waals surface area contributed by atoms with E-state index in [1.54, 1.807) is 0 Å². The second-order valence-corrected chi connectivity index (χ2v) is 7.61. The highest BCUT2D eigenvalue weighted by Crippen LogP contribution is 2.62. The van der Waals surface area contributed by atoms with E-state index in [0.29, 0.717) is 5.41 Å². The molecule has 1 heterocycles. The molecule has 5 rings (SSSR count). The van der Waals surface area contributed by atoms with Crippen molar-refractivity contribution in [1.82, 2.24) is 9.78 Å². The van der Waals surface area contributed by atoms with Crippen molar-refractivity contribution in [2.45, 2.75) is 51.0 Å². The lowest BCUT2D eigenvalue weighted by Gasteiger charge is -2.57. The van der Waals surface area contributed by atoms with Crippen molar-refractivity contribution in [3.05, 3.63) is 18.0 Å². The van der Waals surface area contributed by atoms with Crippen molar-refractivity contribution < 1.29 is 0 Å². The molecule has 1 atom stereocenters.